The van der Waals surface area contributed by atoms with Crippen LogP contribution in [-0.4, -0.2) is 70.0 Å². The van der Waals surface area contributed by atoms with Crippen LogP contribution < -0.4 is 17.2 Å². The van der Waals surface area contributed by atoms with E-state index in [1.807, 2.05) is 0 Å². The maximum Gasteiger partial charge on any atom is 0.0637 e. The standard InChI is InChI=1S/C32H63N3O4/c1-23(11-16-36)27-8-9-28-26(22-37-17-5-13-33)29(21-30(32(27,28)4)39-19-7-15-35)31(3)12-10-25(20-24(31)2)38-18-6-14-34/h23-30,36H,5-22,33-35H2,1-4H3/t23?,24?,25-,26?,27?,28+,29+,30+,31?,32?/m1/s1. The SMILES string of the molecule is CC(CCO)C1CC[C@H]2C(COCCCN)[C@@H](C3(C)CC[C@@H](OCCCN)CC3C)C[C@H](OCCCN)C12C. The molecule has 0 bridgehead atoms. The molecular weight excluding hydrogens is 490 g/mol. The average molecular weight is 554 g/mol. The number of fused-ring (bicyclic) bond motifs is 1. The number of aliphatic hydroxyl groups is 1. The summed E-state index contributed by atoms with van der Waals surface area (Å²) in [6.07, 6.45) is 11.1. The molecule has 6 unspecified atom stereocenters. The Labute approximate surface area is 239 Å². The molecule has 0 radical (unpaired) electrons. The van der Waals surface area contributed by atoms with Gasteiger partial charge in [-0.1, -0.05) is 27.7 Å². The molecule has 3 fully saturated rings. The van der Waals surface area contributed by atoms with Gasteiger partial charge in [0.25, 0.3) is 0 Å². The molecule has 39 heavy (non-hydrogen) atoms. The maximum atomic E-state index is 9.81. The van der Waals surface area contributed by atoms with E-state index in [4.69, 9.17) is 31.4 Å². The summed E-state index contributed by atoms with van der Waals surface area (Å²) in [6.45, 7) is 15.3. The third-order valence-electron chi connectivity index (χ3n) is 11.6. The highest BCUT2D eigenvalue weighted by Gasteiger charge is 2.62. The Morgan fingerprint density at radius 1 is 0.872 bits per heavy atom. The molecule has 0 aromatic heterocycles. The minimum absolute atomic E-state index is 0.0870. The fraction of sp³-hybridized carbons (Fsp3) is 1.00. The van der Waals surface area contributed by atoms with Crippen LogP contribution in [0.15, 0.2) is 0 Å². The topological polar surface area (TPSA) is 126 Å². The van der Waals surface area contributed by atoms with Gasteiger partial charge < -0.3 is 36.5 Å². The van der Waals surface area contributed by atoms with E-state index >= 15 is 0 Å². The molecule has 7 nitrogen and oxygen atoms in total. The molecule has 7 heteroatoms. The Morgan fingerprint density at radius 2 is 1.54 bits per heavy atom. The minimum Gasteiger partial charge on any atom is -0.396 e. The second kappa shape index (κ2) is 15.8. The molecule has 3 aliphatic rings. The highest BCUT2D eigenvalue weighted by Crippen LogP contribution is 2.66. The van der Waals surface area contributed by atoms with E-state index in [0.29, 0.717) is 61.2 Å². The van der Waals surface area contributed by atoms with Gasteiger partial charge in [0.15, 0.2) is 0 Å². The molecule has 230 valence electrons. The van der Waals surface area contributed by atoms with Gasteiger partial charge in [0.05, 0.1) is 12.2 Å². The first-order valence-corrected chi connectivity index (χ1v) is 16.3. The van der Waals surface area contributed by atoms with Gasteiger partial charge in [-0.2, -0.15) is 0 Å². The van der Waals surface area contributed by atoms with E-state index < -0.39 is 0 Å². The molecule has 0 aromatic carbocycles. The van der Waals surface area contributed by atoms with Crippen molar-refractivity contribution in [3.05, 3.63) is 0 Å². The summed E-state index contributed by atoms with van der Waals surface area (Å²) in [5.74, 6) is 3.23. The lowest BCUT2D eigenvalue weighted by molar-refractivity contribution is -0.184. The van der Waals surface area contributed by atoms with Gasteiger partial charge >= 0.3 is 0 Å². The fourth-order valence-electron chi connectivity index (χ4n) is 9.14. The zero-order valence-corrected chi connectivity index (χ0v) is 25.8. The molecule has 0 amide bonds. The second-order valence-electron chi connectivity index (χ2n) is 13.7. The Bertz CT molecular complexity index is 698. The quantitative estimate of drug-likeness (QED) is 0.198. The third-order valence-corrected chi connectivity index (χ3v) is 11.6. The Kier molecular flexibility index (Phi) is 13.5. The summed E-state index contributed by atoms with van der Waals surface area (Å²) in [6, 6.07) is 0. The monoisotopic (exact) mass is 553 g/mol. The van der Waals surface area contributed by atoms with Gasteiger partial charge in [-0.05, 0) is 125 Å². The summed E-state index contributed by atoms with van der Waals surface area (Å²) in [5, 5.41) is 9.81. The van der Waals surface area contributed by atoms with E-state index in [1.54, 1.807) is 0 Å². The first kappa shape index (κ1) is 33.2. The number of hydrogen-bond donors (Lipinski definition) is 4. The Balaban J connectivity index is 1.90. The molecule has 3 aliphatic carbocycles. The van der Waals surface area contributed by atoms with Crippen LogP contribution in [0.2, 0.25) is 0 Å². The lowest BCUT2D eigenvalue weighted by Crippen LogP contribution is -2.58. The molecule has 3 saturated carbocycles. The molecule has 3 rings (SSSR count). The molecule has 0 spiro atoms. The number of nitrogens with two attached hydrogens (primary N) is 3. The summed E-state index contributed by atoms with van der Waals surface area (Å²) >= 11 is 0. The highest BCUT2D eigenvalue weighted by molar-refractivity contribution is 5.11. The summed E-state index contributed by atoms with van der Waals surface area (Å²) < 4.78 is 19.5. The van der Waals surface area contributed by atoms with Crippen molar-refractivity contribution in [2.75, 3.05) is 52.7 Å². The van der Waals surface area contributed by atoms with Crippen molar-refractivity contribution in [3.63, 3.8) is 0 Å². The smallest absolute Gasteiger partial charge is 0.0637 e. The maximum absolute atomic E-state index is 9.81. The Morgan fingerprint density at radius 3 is 2.18 bits per heavy atom. The molecule has 10 atom stereocenters. The van der Waals surface area contributed by atoms with Gasteiger partial charge in [-0.15, -0.1) is 0 Å². The van der Waals surface area contributed by atoms with E-state index in [-0.39, 0.29) is 23.5 Å². The summed E-state index contributed by atoms with van der Waals surface area (Å²) in [5.41, 5.74) is 17.7. The number of hydrogen-bond acceptors (Lipinski definition) is 7. The third kappa shape index (κ3) is 7.57. The van der Waals surface area contributed by atoms with Crippen LogP contribution in [-0.2, 0) is 14.2 Å². The predicted octanol–water partition coefficient (Wildman–Crippen LogP) is 4.33. The van der Waals surface area contributed by atoms with Gasteiger partial charge in [0.1, 0.15) is 0 Å². The van der Waals surface area contributed by atoms with Crippen LogP contribution in [0, 0.1) is 46.3 Å². The van der Waals surface area contributed by atoms with Gasteiger partial charge in [0.2, 0.25) is 0 Å². The van der Waals surface area contributed by atoms with Gasteiger partial charge in [-0.3, -0.25) is 0 Å². The van der Waals surface area contributed by atoms with Gasteiger partial charge in [-0.25, -0.2) is 0 Å². The normalized spacial score (nSPS) is 39.5. The predicted molar refractivity (Wildman–Crippen MR) is 159 cm³/mol. The lowest BCUT2D eigenvalue weighted by atomic mass is 9.47. The second-order valence-corrected chi connectivity index (χ2v) is 13.7. The minimum atomic E-state index is 0.0870. The van der Waals surface area contributed by atoms with Crippen LogP contribution in [0.5, 0.6) is 0 Å². The van der Waals surface area contributed by atoms with Crippen molar-refractivity contribution in [2.45, 2.75) is 104 Å². The number of aliphatic hydroxyl groups excluding tert-OH is 1. The zero-order valence-electron chi connectivity index (χ0n) is 25.8. The van der Waals surface area contributed by atoms with Crippen molar-refractivity contribution < 1.29 is 19.3 Å². The van der Waals surface area contributed by atoms with E-state index in [1.165, 1.54) is 19.3 Å². The van der Waals surface area contributed by atoms with E-state index in [2.05, 4.69) is 27.7 Å². The molecule has 0 aromatic rings. The molecule has 0 heterocycles. The first-order chi connectivity index (χ1) is 18.8. The average Bonchev–Trinajstić information content (AvgIpc) is 3.28. The Hall–Kier alpha value is -0.280. The van der Waals surface area contributed by atoms with Crippen LogP contribution in [0.25, 0.3) is 0 Å². The van der Waals surface area contributed by atoms with Crippen molar-refractivity contribution in [3.8, 4) is 0 Å². The lowest BCUT2D eigenvalue weighted by Gasteiger charge is -2.60. The van der Waals surface area contributed by atoms with Crippen LogP contribution in [0.1, 0.15) is 91.9 Å². The molecule has 7 N–H and O–H groups in total. The van der Waals surface area contributed by atoms with Crippen molar-refractivity contribution in [2.24, 2.45) is 63.5 Å². The largest absolute Gasteiger partial charge is 0.396 e. The molecular formula is C32H63N3O4. The van der Waals surface area contributed by atoms with Crippen molar-refractivity contribution in [1.29, 1.82) is 0 Å². The van der Waals surface area contributed by atoms with Crippen molar-refractivity contribution >= 4 is 0 Å². The van der Waals surface area contributed by atoms with E-state index in [9.17, 15) is 5.11 Å². The fourth-order valence-corrected chi connectivity index (χ4v) is 9.14. The summed E-state index contributed by atoms with van der Waals surface area (Å²) in [4.78, 5) is 0. The van der Waals surface area contributed by atoms with E-state index in [0.717, 1.165) is 71.4 Å². The highest BCUT2D eigenvalue weighted by atomic mass is 16.5. The summed E-state index contributed by atoms with van der Waals surface area (Å²) in [7, 11) is 0. The molecule has 0 aliphatic heterocycles. The van der Waals surface area contributed by atoms with Crippen LogP contribution in [0.3, 0.4) is 0 Å². The number of rotatable bonds is 17. The molecule has 0 saturated heterocycles. The number of ether oxygens (including phenoxy) is 3. The zero-order chi connectivity index (χ0) is 28.5. The first-order valence-electron chi connectivity index (χ1n) is 16.3. The van der Waals surface area contributed by atoms with Crippen LogP contribution in [0.4, 0.5) is 0 Å². The van der Waals surface area contributed by atoms with Crippen LogP contribution >= 0.6 is 0 Å². The van der Waals surface area contributed by atoms with Gasteiger partial charge in [0, 0.05) is 38.4 Å². The van der Waals surface area contributed by atoms with Crippen molar-refractivity contribution in [1.82, 2.24) is 0 Å².